The lowest BCUT2D eigenvalue weighted by Gasteiger charge is -2.03. The Morgan fingerprint density at radius 1 is 1.38 bits per heavy atom. The molecule has 0 bridgehead atoms. The van der Waals surface area contributed by atoms with Crippen molar-refractivity contribution in [1.29, 1.82) is 0 Å². The molecule has 1 rings (SSSR count). The molecule has 0 aliphatic carbocycles. The number of carboxylic acids is 1. The summed E-state index contributed by atoms with van der Waals surface area (Å²) in [6.07, 6.45) is -0.289. The van der Waals surface area contributed by atoms with Gasteiger partial charge in [-0.3, -0.25) is 4.79 Å². The lowest BCUT2D eigenvalue weighted by molar-refractivity contribution is -0.136. The molecular weight excluding hydrogens is 178 g/mol. The van der Waals surface area contributed by atoms with Crippen molar-refractivity contribution in [1.82, 2.24) is 0 Å². The molecule has 4 heteroatoms. The van der Waals surface area contributed by atoms with Crippen molar-refractivity contribution in [3.63, 3.8) is 0 Å². The van der Waals surface area contributed by atoms with E-state index in [0.29, 0.717) is 11.1 Å². The first kappa shape index (κ1) is 9.64. The molecule has 0 aromatic heterocycles. The molecule has 0 heterocycles. The van der Waals surface area contributed by atoms with Crippen molar-refractivity contribution in [3.05, 3.63) is 34.9 Å². The first-order valence-corrected chi connectivity index (χ1v) is 3.67. The molecule has 0 atom stereocenters. The van der Waals surface area contributed by atoms with Crippen molar-refractivity contribution in [3.8, 4) is 0 Å². The fourth-order valence-electron chi connectivity index (χ4n) is 1.04. The molecular formula is C9H8F2O2. The van der Waals surface area contributed by atoms with Crippen LogP contribution >= 0.6 is 0 Å². The van der Waals surface area contributed by atoms with E-state index in [4.69, 9.17) is 5.11 Å². The minimum absolute atomic E-state index is 0.289. The van der Waals surface area contributed by atoms with E-state index in [1.165, 1.54) is 0 Å². The Labute approximate surface area is 73.8 Å². The van der Waals surface area contributed by atoms with Gasteiger partial charge in [-0.2, -0.15) is 0 Å². The summed E-state index contributed by atoms with van der Waals surface area (Å²) in [5.41, 5.74) is 0.743. The maximum Gasteiger partial charge on any atom is 0.307 e. The van der Waals surface area contributed by atoms with Crippen LogP contribution in [-0.4, -0.2) is 11.1 Å². The van der Waals surface area contributed by atoms with Gasteiger partial charge in [0, 0.05) is 0 Å². The Hall–Kier alpha value is -1.45. The SMILES string of the molecule is Cc1cc(F)c(F)cc1CC(=O)O. The van der Waals surface area contributed by atoms with Gasteiger partial charge in [-0.05, 0) is 30.2 Å². The van der Waals surface area contributed by atoms with E-state index in [9.17, 15) is 13.6 Å². The zero-order valence-corrected chi connectivity index (χ0v) is 6.97. The number of aliphatic carboxylic acids is 1. The summed E-state index contributed by atoms with van der Waals surface area (Å²) in [5.74, 6) is -3.03. The zero-order chi connectivity index (χ0) is 10.0. The monoisotopic (exact) mass is 186 g/mol. The second-order valence-corrected chi connectivity index (χ2v) is 2.76. The Morgan fingerprint density at radius 3 is 2.46 bits per heavy atom. The maximum absolute atomic E-state index is 12.6. The summed E-state index contributed by atoms with van der Waals surface area (Å²) in [6.45, 7) is 1.54. The minimum Gasteiger partial charge on any atom is -0.481 e. The smallest absolute Gasteiger partial charge is 0.307 e. The van der Waals surface area contributed by atoms with E-state index in [-0.39, 0.29) is 6.42 Å². The number of aryl methyl sites for hydroxylation is 1. The van der Waals surface area contributed by atoms with Gasteiger partial charge in [0.25, 0.3) is 0 Å². The molecule has 1 aromatic carbocycles. The van der Waals surface area contributed by atoms with Crippen molar-refractivity contribution in [2.45, 2.75) is 13.3 Å². The van der Waals surface area contributed by atoms with E-state index in [1.54, 1.807) is 6.92 Å². The zero-order valence-electron chi connectivity index (χ0n) is 6.97. The van der Waals surface area contributed by atoms with Crippen LogP contribution in [0.4, 0.5) is 8.78 Å². The average Bonchev–Trinajstić information content (AvgIpc) is 1.99. The van der Waals surface area contributed by atoms with E-state index in [2.05, 4.69) is 0 Å². The van der Waals surface area contributed by atoms with Crippen LogP contribution in [0.3, 0.4) is 0 Å². The van der Waals surface area contributed by atoms with Crippen LogP contribution in [0.25, 0.3) is 0 Å². The van der Waals surface area contributed by atoms with E-state index < -0.39 is 17.6 Å². The number of hydrogen-bond acceptors (Lipinski definition) is 1. The van der Waals surface area contributed by atoms with Crippen molar-refractivity contribution < 1.29 is 18.7 Å². The van der Waals surface area contributed by atoms with Crippen LogP contribution < -0.4 is 0 Å². The summed E-state index contributed by atoms with van der Waals surface area (Å²) < 4.78 is 25.2. The van der Waals surface area contributed by atoms with Gasteiger partial charge >= 0.3 is 5.97 Å². The van der Waals surface area contributed by atoms with E-state index in [0.717, 1.165) is 12.1 Å². The van der Waals surface area contributed by atoms with Gasteiger partial charge in [-0.25, -0.2) is 8.78 Å². The molecule has 0 spiro atoms. The Bertz CT molecular complexity index is 348. The van der Waals surface area contributed by atoms with Crippen LogP contribution in [0.15, 0.2) is 12.1 Å². The number of hydrogen-bond donors (Lipinski definition) is 1. The highest BCUT2D eigenvalue weighted by atomic mass is 19.2. The van der Waals surface area contributed by atoms with Crippen molar-refractivity contribution in [2.24, 2.45) is 0 Å². The largest absolute Gasteiger partial charge is 0.481 e. The predicted molar refractivity (Wildman–Crippen MR) is 42.4 cm³/mol. The normalized spacial score (nSPS) is 10.1. The minimum atomic E-state index is -1.06. The second-order valence-electron chi connectivity index (χ2n) is 2.76. The predicted octanol–water partition coefficient (Wildman–Crippen LogP) is 1.90. The molecule has 1 N–H and O–H groups in total. The summed E-state index contributed by atoms with van der Waals surface area (Å²) in [6, 6.07) is 1.91. The van der Waals surface area contributed by atoms with Gasteiger partial charge in [-0.15, -0.1) is 0 Å². The molecule has 13 heavy (non-hydrogen) atoms. The van der Waals surface area contributed by atoms with Gasteiger partial charge in [0.1, 0.15) is 0 Å². The summed E-state index contributed by atoms with van der Waals surface area (Å²) in [5, 5.41) is 8.44. The van der Waals surface area contributed by atoms with Gasteiger partial charge in [0.15, 0.2) is 11.6 Å². The molecule has 0 unspecified atom stereocenters. The molecule has 0 saturated carbocycles. The van der Waals surface area contributed by atoms with Gasteiger partial charge in [-0.1, -0.05) is 0 Å². The molecule has 1 aromatic rings. The number of carbonyl (C=O) groups is 1. The lowest BCUT2D eigenvalue weighted by atomic mass is 10.1. The van der Waals surface area contributed by atoms with E-state index in [1.807, 2.05) is 0 Å². The van der Waals surface area contributed by atoms with Crippen LogP contribution in [0, 0.1) is 18.6 Å². The van der Waals surface area contributed by atoms with Crippen molar-refractivity contribution in [2.75, 3.05) is 0 Å². The topological polar surface area (TPSA) is 37.3 Å². The number of rotatable bonds is 2. The fraction of sp³-hybridized carbons (Fsp3) is 0.222. The van der Waals surface area contributed by atoms with Gasteiger partial charge < -0.3 is 5.11 Å². The highest BCUT2D eigenvalue weighted by molar-refractivity contribution is 5.70. The Kier molecular flexibility index (Phi) is 2.60. The highest BCUT2D eigenvalue weighted by Crippen LogP contribution is 2.14. The second kappa shape index (κ2) is 3.51. The van der Waals surface area contributed by atoms with Crippen LogP contribution in [-0.2, 0) is 11.2 Å². The summed E-state index contributed by atoms with van der Waals surface area (Å²) in [7, 11) is 0. The van der Waals surface area contributed by atoms with Crippen LogP contribution in [0.1, 0.15) is 11.1 Å². The maximum atomic E-state index is 12.6. The fourth-order valence-corrected chi connectivity index (χ4v) is 1.04. The molecule has 0 radical (unpaired) electrons. The molecule has 0 amide bonds. The highest BCUT2D eigenvalue weighted by Gasteiger charge is 2.09. The molecule has 70 valence electrons. The lowest BCUT2D eigenvalue weighted by Crippen LogP contribution is -2.03. The first-order valence-electron chi connectivity index (χ1n) is 3.67. The third kappa shape index (κ3) is 2.24. The van der Waals surface area contributed by atoms with Crippen LogP contribution in [0.2, 0.25) is 0 Å². The average molecular weight is 186 g/mol. The van der Waals surface area contributed by atoms with Crippen molar-refractivity contribution >= 4 is 5.97 Å². The standard InChI is InChI=1S/C9H8F2O2/c1-5-2-7(10)8(11)3-6(5)4-9(12)13/h2-3H,4H2,1H3,(H,12,13). The molecule has 0 fully saturated rings. The number of carboxylic acid groups (broad SMARTS) is 1. The quantitative estimate of drug-likeness (QED) is 0.765. The molecule has 0 saturated heterocycles. The third-order valence-corrected chi connectivity index (χ3v) is 1.72. The number of benzene rings is 1. The molecule has 0 aliphatic rings. The van der Waals surface area contributed by atoms with Crippen LogP contribution in [0.5, 0.6) is 0 Å². The number of halogens is 2. The third-order valence-electron chi connectivity index (χ3n) is 1.72. The Balaban J connectivity index is 3.08. The summed E-state index contributed by atoms with van der Waals surface area (Å²) in [4.78, 5) is 10.3. The van der Waals surface area contributed by atoms with E-state index >= 15 is 0 Å². The van der Waals surface area contributed by atoms with Gasteiger partial charge in [0.05, 0.1) is 6.42 Å². The summed E-state index contributed by atoms with van der Waals surface area (Å²) >= 11 is 0. The Morgan fingerprint density at radius 2 is 1.92 bits per heavy atom. The van der Waals surface area contributed by atoms with Gasteiger partial charge in [0.2, 0.25) is 0 Å². The first-order chi connectivity index (χ1) is 6.00. The molecule has 2 nitrogen and oxygen atoms in total. The molecule has 0 aliphatic heterocycles.